The van der Waals surface area contributed by atoms with Crippen molar-refractivity contribution in [1.29, 1.82) is 0 Å². The van der Waals surface area contributed by atoms with Crippen LogP contribution in [0.4, 0.5) is 0 Å². The van der Waals surface area contributed by atoms with E-state index in [1.807, 2.05) is 6.07 Å². The van der Waals surface area contributed by atoms with E-state index in [1.165, 1.54) is 13.2 Å². The Morgan fingerprint density at radius 2 is 1.87 bits per heavy atom. The smallest absolute Gasteiger partial charge is 0.338 e. The fourth-order valence-corrected chi connectivity index (χ4v) is 2.26. The van der Waals surface area contributed by atoms with Crippen LogP contribution in [-0.2, 0) is 11.3 Å². The molecule has 0 aliphatic carbocycles. The van der Waals surface area contributed by atoms with Gasteiger partial charge in [0.25, 0.3) is 0 Å². The van der Waals surface area contributed by atoms with E-state index >= 15 is 0 Å². The van der Waals surface area contributed by atoms with E-state index < -0.39 is 11.6 Å². The molecule has 0 amide bonds. The highest BCUT2D eigenvalue weighted by molar-refractivity contribution is 5.89. The van der Waals surface area contributed by atoms with Crippen LogP contribution in [0.2, 0.25) is 0 Å². The fourth-order valence-electron chi connectivity index (χ4n) is 2.26. The Labute approximate surface area is 132 Å². The highest BCUT2D eigenvalue weighted by Gasteiger charge is 2.11. The summed E-state index contributed by atoms with van der Waals surface area (Å²) in [6.45, 7) is -0.0117. The van der Waals surface area contributed by atoms with Gasteiger partial charge in [0.15, 0.2) is 0 Å². The molecule has 5 heteroatoms. The summed E-state index contributed by atoms with van der Waals surface area (Å²) in [6.07, 6.45) is 0. The molecule has 0 bridgehead atoms. The summed E-state index contributed by atoms with van der Waals surface area (Å²) in [7, 11) is 1.53. The number of hydrogen-bond acceptors (Lipinski definition) is 5. The number of carbonyl (C=O) groups is 1. The third-order valence-corrected chi connectivity index (χ3v) is 3.41. The molecule has 0 aliphatic heterocycles. The van der Waals surface area contributed by atoms with Gasteiger partial charge in [-0.15, -0.1) is 0 Å². The van der Waals surface area contributed by atoms with E-state index in [-0.39, 0.29) is 6.61 Å². The summed E-state index contributed by atoms with van der Waals surface area (Å²) in [5.41, 5.74) is 0.934. The number of esters is 1. The zero-order valence-corrected chi connectivity index (χ0v) is 12.4. The number of methoxy groups -OCH3 is 1. The largest absolute Gasteiger partial charge is 0.497 e. The van der Waals surface area contributed by atoms with Gasteiger partial charge in [-0.1, -0.05) is 18.2 Å². The van der Waals surface area contributed by atoms with E-state index in [1.54, 1.807) is 42.5 Å². The second kappa shape index (κ2) is 6.36. The van der Waals surface area contributed by atoms with Gasteiger partial charge in [0.05, 0.1) is 12.7 Å². The quantitative estimate of drug-likeness (QED) is 0.547. The van der Waals surface area contributed by atoms with Crippen molar-refractivity contribution in [1.82, 2.24) is 0 Å². The van der Waals surface area contributed by atoms with Crippen molar-refractivity contribution in [3.8, 4) is 5.75 Å². The van der Waals surface area contributed by atoms with Gasteiger partial charge in [-0.2, -0.15) is 0 Å². The summed E-state index contributed by atoms with van der Waals surface area (Å²) >= 11 is 0. The molecule has 0 aliphatic rings. The minimum Gasteiger partial charge on any atom is -0.497 e. The predicted octanol–water partition coefficient (Wildman–Crippen LogP) is 3.16. The Morgan fingerprint density at radius 3 is 2.61 bits per heavy atom. The Bertz CT molecular complexity index is 896. The van der Waals surface area contributed by atoms with Gasteiger partial charge in [-0.05, 0) is 24.3 Å². The van der Waals surface area contributed by atoms with Crippen LogP contribution in [0.3, 0.4) is 0 Å². The molecule has 3 rings (SSSR count). The molecule has 1 heterocycles. The Morgan fingerprint density at radius 1 is 1.09 bits per heavy atom. The van der Waals surface area contributed by atoms with Crippen molar-refractivity contribution in [2.45, 2.75) is 6.61 Å². The van der Waals surface area contributed by atoms with Crippen LogP contribution in [0.15, 0.2) is 63.8 Å². The van der Waals surface area contributed by atoms with Crippen LogP contribution >= 0.6 is 0 Å². The molecule has 0 saturated heterocycles. The maximum absolute atomic E-state index is 12.0. The molecular formula is C18H14O5. The van der Waals surface area contributed by atoms with Gasteiger partial charge in [0, 0.05) is 23.1 Å². The number of benzene rings is 2. The van der Waals surface area contributed by atoms with E-state index in [0.29, 0.717) is 27.8 Å². The maximum Gasteiger partial charge on any atom is 0.338 e. The zero-order chi connectivity index (χ0) is 16.2. The predicted molar refractivity (Wildman–Crippen MR) is 84.6 cm³/mol. The molecule has 0 spiro atoms. The van der Waals surface area contributed by atoms with E-state index in [2.05, 4.69) is 0 Å². The van der Waals surface area contributed by atoms with Crippen LogP contribution < -0.4 is 10.4 Å². The summed E-state index contributed by atoms with van der Waals surface area (Å²) in [5, 5.41) is 0.700. The van der Waals surface area contributed by atoms with Crippen molar-refractivity contribution in [3.05, 3.63) is 76.1 Å². The summed E-state index contributed by atoms with van der Waals surface area (Å²) in [5.74, 6) is 0.139. The van der Waals surface area contributed by atoms with E-state index in [0.717, 1.165) is 0 Å². The zero-order valence-electron chi connectivity index (χ0n) is 12.4. The highest BCUT2D eigenvalue weighted by Crippen LogP contribution is 2.23. The Kier molecular flexibility index (Phi) is 4.10. The molecular weight excluding hydrogens is 296 g/mol. The first kappa shape index (κ1) is 14.8. The molecule has 3 aromatic rings. The molecule has 0 atom stereocenters. The number of rotatable bonds is 4. The van der Waals surface area contributed by atoms with Crippen LogP contribution in [0.25, 0.3) is 11.0 Å². The third-order valence-electron chi connectivity index (χ3n) is 3.41. The van der Waals surface area contributed by atoms with Crippen LogP contribution in [0.5, 0.6) is 5.75 Å². The lowest BCUT2D eigenvalue weighted by Crippen LogP contribution is -2.07. The summed E-state index contributed by atoms with van der Waals surface area (Å²) < 4.78 is 15.6. The van der Waals surface area contributed by atoms with Crippen LogP contribution in [0, 0.1) is 0 Å². The molecule has 5 nitrogen and oxygen atoms in total. The number of fused-ring (bicyclic) bond motifs is 1. The Balaban J connectivity index is 1.88. The minimum atomic E-state index is -0.503. The topological polar surface area (TPSA) is 65.7 Å². The third kappa shape index (κ3) is 3.23. The van der Waals surface area contributed by atoms with Crippen molar-refractivity contribution in [3.63, 3.8) is 0 Å². The molecule has 1 aromatic heterocycles. The van der Waals surface area contributed by atoms with Gasteiger partial charge >= 0.3 is 11.6 Å². The highest BCUT2D eigenvalue weighted by atomic mass is 16.5. The van der Waals surface area contributed by atoms with Gasteiger partial charge < -0.3 is 13.9 Å². The molecule has 116 valence electrons. The van der Waals surface area contributed by atoms with Crippen LogP contribution in [-0.4, -0.2) is 13.1 Å². The molecule has 0 radical (unpaired) electrons. The monoisotopic (exact) mass is 310 g/mol. The first-order chi connectivity index (χ1) is 11.2. The van der Waals surface area contributed by atoms with E-state index in [9.17, 15) is 9.59 Å². The number of carbonyl (C=O) groups excluding carboxylic acids is 1. The van der Waals surface area contributed by atoms with Gasteiger partial charge in [-0.25, -0.2) is 9.59 Å². The lowest BCUT2D eigenvalue weighted by atomic mass is 10.1. The minimum absolute atomic E-state index is 0.0117. The van der Waals surface area contributed by atoms with Crippen LogP contribution in [0.1, 0.15) is 15.9 Å². The first-order valence-electron chi connectivity index (χ1n) is 7.00. The van der Waals surface area contributed by atoms with Crippen molar-refractivity contribution in [2.24, 2.45) is 0 Å². The standard InChI is InChI=1S/C18H14O5/c1-21-14-7-8-15-13(9-17(19)23-16(15)10-14)11-22-18(20)12-5-3-2-4-6-12/h2-10H,11H2,1H3. The first-order valence-corrected chi connectivity index (χ1v) is 7.00. The second-order valence-corrected chi connectivity index (χ2v) is 4.89. The average Bonchev–Trinajstić information content (AvgIpc) is 2.59. The summed E-state index contributed by atoms with van der Waals surface area (Å²) in [4.78, 5) is 23.7. The van der Waals surface area contributed by atoms with Crippen molar-refractivity contribution < 1.29 is 18.7 Å². The number of hydrogen-bond donors (Lipinski definition) is 0. The molecule has 0 fully saturated rings. The van der Waals surface area contributed by atoms with Gasteiger partial charge in [0.2, 0.25) is 0 Å². The lowest BCUT2D eigenvalue weighted by molar-refractivity contribution is 0.0474. The second-order valence-electron chi connectivity index (χ2n) is 4.89. The van der Waals surface area contributed by atoms with E-state index in [4.69, 9.17) is 13.9 Å². The molecule has 0 N–H and O–H groups in total. The maximum atomic E-state index is 12.0. The van der Waals surface area contributed by atoms with Gasteiger partial charge in [0.1, 0.15) is 17.9 Å². The molecule has 0 unspecified atom stereocenters. The SMILES string of the molecule is COc1ccc2c(COC(=O)c3ccccc3)cc(=O)oc2c1. The fraction of sp³-hybridized carbons (Fsp3) is 0.111. The van der Waals surface area contributed by atoms with Crippen molar-refractivity contribution in [2.75, 3.05) is 7.11 Å². The van der Waals surface area contributed by atoms with Crippen molar-refractivity contribution >= 4 is 16.9 Å². The molecule has 23 heavy (non-hydrogen) atoms. The lowest BCUT2D eigenvalue weighted by Gasteiger charge is -2.08. The molecule has 0 saturated carbocycles. The summed E-state index contributed by atoms with van der Waals surface area (Å²) in [6, 6.07) is 15.2. The van der Waals surface area contributed by atoms with Gasteiger partial charge in [-0.3, -0.25) is 0 Å². The molecule has 2 aromatic carbocycles. The number of ether oxygens (including phenoxy) is 2. The Hall–Kier alpha value is -3.08. The normalized spacial score (nSPS) is 10.5. The average molecular weight is 310 g/mol.